The van der Waals surface area contributed by atoms with Gasteiger partial charge in [-0.25, -0.2) is 0 Å². The molecule has 4 aliphatic rings. The van der Waals surface area contributed by atoms with E-state index < -0.39 is 23.2 Å². The number of aliphatic carboxylic acids is 1. The van der Waals surface area contributed by atoms with Crippen LogP contribution in [-0.2, 0) is 22.3 Å². The van der Waals surface area contributed by atoms with E-state index in [1.807, 2.05) is 24.3 Å². The minimum atomic E-state index is -4.39. The summed E-state index contributed by atoms with van der Waals surface area (Å²) >= 11 is 0. The summed E-state index contributed by atoms with van der Waals surface area (Å²) in [5.74, 6) is -0.0557. The Morgan fingerprint density at radius 2 is 2.00 bits per heavy atom. The second-order valence-electron chi connectivity index (χ2n) is 9.65. The number of alkyl halides is 3. The maximum atomic E-state index is 13.8. The average Bonchev–Trinajstić information content (AvgIpc) is 3.49. The molecule has 1 aromatic carbocycles. The van der Waals surface area contributed by atoms with Crippen LogP contribution < -0.4 is 5.32 Å². The van der Waals surface area contributed by atoms with Gasteiger partial charge in [-0.3, -0.25) is 4.79 Å². The molecule has 4 nitrogen and oxygen atoms in total. The van der Waals surface area contributed by atoms with Gasteiger partial charge in [0.1, 0.15) is 12.4 Å². The number of benzene rings is 1. The van der Waals surface area contributed by atoms with Crippen molar-refractivity contribution in [3.05, 3.63) is 70.5 Å². The molecule has 5 rings (SSSR count). The lowest BCUT2D eigenvalue weighted by Gasteiger charge is -2.36. The van der Waals surface area contributed by atoms with Crippen molar-refractivity contribution in [2.75, 3.05) is 6.54 Å². The molecule has 7 heteroatoms. The van der Waals surface area contributed by atoms with Crippen molar-refractivity contribution in [1.82, 2.24) is 5.32 Å². The van der Waals surface area contributed by atoms with E-state index in [4.69, 9.17) is 4.74 Å². The fraction of sp³-hybridized carbons (Fsp3) is 0.500. The largest absolute Gasteiger partial charge is 0.489 e. The van der Waals surface area contributed by atoms with Crippen LogP contribution in [0.4, 0.5) is 13.2 Å². The summed E-state index contributed by atoms with van der Waals surface area (Å²) in [5.41, 5.74) is 0.839. The number of ether oxygens (including phenoxy) is 1. The van der Waals surface area contributed by atoms with Crippen LogP contribution >= 0.6 is 0 Å². The van der Waals surface area contributed by atoms with Crippen molar-refractivity contribution in [1.29, 1.82) is 0 Å². The van der Waals surface area contributed by atoms with Gasteiger partial charge in [0.2, 0.25) is 0 Å². The molecule has 1 heterocycles. The highest BCUT2D eigenvalue weighted by Gasteiger charge is 2.52. The first-order valence-corrected chi connectivity index (χ1v) is 11.7. The van der Waals surface area contributed by atoms with Gasteiger partial charge in [-0.15, -0.1) is 0 Å². The van der Waals surface area contributed by atoms with Crippen LogP contribution in [0.3, 0.4) is 0 Å². The third-order valence-corrected chi connectivity index (χ3v) is 7.74. The van der Waals surface area contributed by atoms with Crippen LogP contribution in [-0.4, -0.2) is 23.2 Å². The SMILES string of the molecule is O=C(O)C[C@H]1CNC23C=CC(OCc4ccc(C5CCCC5)c(C(F)(F)F)c4)=C2C=CCC13. The molecular formula is C26H28F3NO3. The highest BCUT2D eigenvalue weighted by Crippen LogP contribution is 2.49. The predicted octanol–water partition coefficient (Wildman–Crippen LogP) is 5.71. The molecule has 3 atom stereocenters. The maximum Gasteiger partial charge on any atom is 0.416 e. The molecule has 0 radical (unpaired) electrons. The lowest BCUT2D eigenvalue weighted by Crippen LogP contribution is -2.45. The first-order valence-electron chi connectivity index (χ1n) is 11.7. The molecule has 0 bridgehead atoms. The standard InChI is InChI=1S/C26H28F3NO3/c27-26(28,29)22-12-16(8-9-19(22)17-4-1-2-5-17)15-33-23-10-11-25-20(6-3-7-21(23)25)18(14-30-25)13-24(31)32/h3,7-12,17-18,20,30H,1-2,4-6,13-15H2,(H,31,32)/t18-,20?,25?/m0/s1. The van der Waals surface area contributed by atoms with Crippen LogP contribution in [0.2, 0.25) is 0 Å². The van der Waals surface area contributed by atoms with E-state index in [0.717, 1.165) is 37.7 Å². The minimum absolute atomic E-state index is 0.0175. The molecule has 3 aliphatic carbocycles. The van der Waals surface area contributed by atoms with Crippen molar-refractivity contribution in [3.8, 4) is 0 Å². The fourth-order valence-corrected chi connectivity index (χ4v) is 6.20. The topological polar surface area (TPSA) is 58.6 Å². The van der Waals surface area contributed by atoms with Crippen molar-refractivity contribution in [2.45, 2.75) is 62.8 Å². The van der Waals surface area contributed by atoms with Gasteiger partial charge in [0, 0.05) is 18.5 Å². The summed E-state index contributed by atoms with van der Waals surface area (Å²) < 4.78 is 47.4. The third-order valence-electron chi connectivity index (χ3n) is 7.74. The summed E-state index contributed by atoms with van der Waals surface area (Å²) in [7, 11) is 0. The van der Waals surface area contributed by atoms with E-state index in [0.29, 0.717) is 23.4 Å². The lowest BCUT2D eigenvalue weighted by molar-refractivity contribution is -0.139. The van der Waals surface area contributed by atoms with Crippen LogP contribution in [0.5, 0.6) is 0 Å². The van der Waals surface area contributed by atoms with Crippen molar-refractivity contribution in [3.63, 3.8) is 0 Å². The molecule has 0 aromatic heterocycles. The maximum absolute atomic E-state index is 13.8. The second-order valence-corrected chi connectivity index (χ2v) is 9.65. The van der Waals surface area contributed by atoms with Crippen molar-refractivity contribution >= 4 is 5.97 Å². The Balaban J connectivity index is 1.36. The second kappa shape index (κ2) is 8.35. The third kappa shape index (κ3) is 4.01. The number of carboxylic acids is 1. The smallest absolute Gasteiger partial charge is 0.416 e. The number of allylic oxidation sites excluding steroid dienone is 2. The first kappa shape index (κ1) is 22.3. The quantitative estimate of drug-likeness (QED) is 0.572. The van der Waals surface area contributed by atoms with Crippen molar-refractivity contribution in [2.24, 2.45) is 11.8 Å². The van der Waals surface area contributed by atoms with Gasteiger partial charge in [-0.2, -0.15) is 13.2 Å². The molecule has 1 aromatic rings. The zero-order valence-electron chi connectivity index (χ0n) is 18.3. The Labute approximate surface area is 191 Å². The molecule has 2 unspecified atom stereocenters. The molecule has 176 valence electrons. The van der Waals surface area contributed by atoms with Crippen molar-refractivity contribution < 1.29 is 27.8 Å². The zero-order valence-corrected chi connectivity index (χ0v) is 18.3. The molecule has 33 heavy (non-hydrogen) atoms. The summed E-state index contributed by atoms with van der Waals surface area (Å²) in [6.07, 6.45) is 8.00. The van der Waals surface area contributed by atoms with E-state index in [1.54, 1.807) is 12.1 Å². The number of carbonyl (C=O) groups is 1. The predicted molar refractivity (Wildman–Crippen MR) is 117 cm³/mol. The zero-order chi connectivity index (χ0) is 23.2. The first-order chi connectivity index (χ1) is 15.8. The highest BCUT2D eigenvalue weighted by atomic mass is 19.4. The Kier molecular flexibility index (Phi) is 5.63. The summed E-state index contributed by atoms with van der Waals surface area (Å²) in [6.45, 7) is 0.654. The average molecular weight is 460 g/mol. The van der Waals surface area contributed by atoms with Gasteiger partial charge in [0.05, 0.1) is 11.1 Å². The van der Waals surface area contributed by atoms with E-state index in [1.165, 1.54) is 6.07 Å². The van der Waals surface area contributed by atoms with E-state index >= 15 is 0 Å². The number of rotatable bonds is 6. The Morgan fingerprint density at radius 1 is 1.21 bits per heavy atom. The number of carboxylic acid groups (broad SMARTS) is 1. The molecule has 1 spiro atoms. The van der Waals surface area contributed by atoms with Gasteiger partial charge in [0.15, 0.2) is 0 Å². The Hall–Kier alpha value is -2.54. The highest BCUT2D eigenvalue weighted by molar-refractivity contribution is 5.67. The monoisotopic (exact) mass is 459 g/mol. The van der Waals surface area contributed by atoms with Crippen LogP contribution in [0, 0.1) is 11.8 Å². The van der Waals surface area contributed by atoms with Crippen LogP contribution in [0.1, 0.15) is 61.1 Å². The Bertz CT molecular complexity index is 1040. The number of halogens is 3. The van der Waals surface area contributed by atoms with Crippen LogP contribution in [0.15, 0.2) is 53.8 Å². The summed E-state index contributed by atoms with van der Waals surface area (Å²) in [6, 6.07) is 4.62. The van der Waals surface area contributed by atoms with Gasteiger partial charge in [-0.05, 0) is 60.3 Å². The summed E-state index contributed by atoms with van der Waals surface area (Å²) in [5, 5.41) is 12.7. The minimum Gasteiger partial charge on any atom is -0.489 e. The number of nitrogens with one attached hydrogen (secondary N) is 1. The van der Waals surface area contributed by atoms with Gasteiger partial charge >= 0.3 is 12.1 Å². The fourth-order valence-electron chi connectivity index (χ4n) is 6.20. The molecule has 2 fully saturated rings. The number of hydrogen-bond donors (Lipinski definition) is 2. The number of hydrogen-bond acceptors (Lipinski definition) is 3. The molecule has 1 saturated heterocycles. The normalized spacial score (nSPS) is 28.9. The molecule has 1 aliphatic heterocycles. The van der Waals surface area contributed by atoms with E-state index in [-0.39, 0.29) is 30.8 Å². The summed E-state index contributed by atoms with van der Waals surface area (Å²) in [4.78, 5) is 11.3. The molecule has 0 amide bonds. The van der Waals surface area contributed by atoms with E-state index in [9.17, 15) is 23.1 Å². The van der Waals surface area contributed by atoms with E-state index in [2.05, 4.69) is 5.32 Å². The molecule has 1 saturated carbocycles. The lowest BCUT2D eigenvalue weighted by atomic mass is 9.71. The van der Waals surface area contributed by atoms with Crippen LogP contribution in [0.25, 0.3) is 0 Å². The Morgan fingerprint density at radius 3 is 2.73 bits per heavy atom. The van der Waals surface area contributed by atoms with Gasteiger partial charge in [0.25, 0.3) is 0 Å². The van der Waals surface area contributed by atoms with Gasteiger partial charge in [-0.1, -0.05) is 43.2 Å². The molecule has 2 N–H and O–H groups in total. The van der Waals surface area contributed by atoms with Gasteiger partial charge < -0.3 is 15.2 Å². The molecular weight excluding hydrogens is 431 g/mol.